The third kappa shape index (κ3) is 2.94. The number of H-pyrrole nitrogens is 2. The highest BCUT2D eigenvalue weighted by Gasteiger charge is 2.16. The largest absolute Gasteiger partial charge is 0.353 e. The number of fused-ring (bicyclic) bond motifs is 2. The number of hydrogen-bond donors (Lipinski definition) is 2. The first kappa shape index (κ1) is 18.4. The van der Waals surface area contributed by atoms with Crippen LogP contribution in [0.1, 0.15) is 5.56 Å². The standard InChI is InChI=1S/C25H17FN6/c1-14-6-8-27-12-19(14)21-10-18-23(13-29-21)31-32-25(18)22-11-17-20(30-22)7-9-28-24(17)15-2-4-16(26)5-3-15/h2-13,30H,1H3,(H,31,32). The molecule has 32 heavy (non-hydrogen) atoms. The van der Waals surface area contributed by atoms with E-state index in [2.05, 4.69) is 30.1 Å². The lowest BCUT2D eigenvalue weighted by Crippen LogP contribution is -1.88. The van der Waals surface area contributed by atoms with Crippen LogP contribution in [-0.4, -0.2) is 30.1 Å². The van der Waals surface area contributed by atoms with Crippen LogP contribution in [0.4, 0.5) is 4.39 Å². The number of aromatic amines is 2. The van der Waals surface area contributed by atoms with Gasteiger partial charge in [-0.2, -0.15) is 5.10 Å². The second-order valence-electron chi connectivity index (χ2n) is 7.69. The Morgan fingerprint density at radius 3 is 2.50 bits per heavy atom. The number of aromatic nitrogens is 6. The van der Waals surface area contributed by atoms with Crippen LogP contribution in [0.5, 0.6) is 0 Å². The minimum absolute atomic E-state index is 0.271. The molecule has 7 heteroatoms. The summed E-state index contributed by atoms with van der Waals surface area (Å²) in [5.41, 5.74) is 8.03. The summed E-state index contributed by atoms with van der Waals surface area (Å²) in [5.74, 6) is -0.271. The molecule has 0 spiro atoms. The quantitative estimate of drug-likeness (QED) is 0.386. The average molecular weight is 420 g/mol. The molecule has 0 aliphatic rings. The molecule has 0 aliphatic carbocycles. The molecule has 6 aromatic rings. The maximum Gasteiger partial charge on any atom is 0.123 e. The first-order chi connectivity index (χ1) is 15.7. The van der Waals surface area contributed by atoms with Crippen LogP contribution in [0, 0.1) is 12.7 Å². The Bertz CT molecular complexity index is 1600. The fraction of sp³-hybridized carbons (Fsp3) is 0.0400. The predicted octanol–water partition coefficient (Wildman–Crippen LogP) is 5.68. The fourth-order valence-corrected chi connectivity index (χ4v) is 4.02. The van der Waals surface area contributed by atoms with Crippen molar-refractivity contribution in [1.29, 1.82) is 0 Å². The van der Waals surface area contributed by atoms with Gasteiger partial charge in [0.2, 0.25) is 0 Å². The zero-order chi connectivity index (χ0) is 21.7. The van der Waals surface area contributed by atoms with Gasteiger partial charge in [-0.1, -0.05) is 0 Å². The summed E-state index contributed by atoms with van der Waals surface area (Å²) < 4.78 is 13.4. The molecule has 0 aliphatic heterocycles. The highest BCUT2D eigenvalue weighted by Crippen LogP contribution is 2.34. The fourth-order valence-electron chi connectivity index (χ4n) is 4.02. The second kappa shape index (κ2) is 7.09. The van der Waals surface area contributed by atoms with E-state index in [9.17, 15) is 4.39 Å². The van der Waals surface area contributed by atoms with Gasteiger partial charge < -0.3 is 4.98 Å². The number of nitrogens with one attached hydrogen (secondary N) is 2. The molecule has 5 heterocycles. The number of pyridine rings is 3. The molecular formula is C25H17FN6. The van der Waals surface area contributed by atoms with Crippen molar-refractivity contribution < 1.29 is 4.39 Å². The van der Waals surface area contributed by atoms with Crippen molar-refractivity contribution in [2.75, 3.05) is 0 Å². The topological polar surface area (TPSA) is 83.1 Å². The molecule has 2 N–H and O–H groups in total. The SMILES string of the molecule is Cc1ccncc1-c1cc2c(-c3cc4c(-c5ccc(F)cc5)nccc4[nH]3)n[nH]c2cn1. The Morgan fingerprint density at radius 2 is 1.66 bits per heavy atom. The van der Waals surface area contributed by atoms with Crippen molar-refractivity contribution in [3.05, 3.63) is 84.7 Å². The Hall–Kier alpha value is -4.39. The Kier molecular flexibility index (Phi) is 4.07. The lowest BCUT2D eigenvalue weighted by atomic mass is 10.1. The molecule has 154 valence electrons. The summed E-state index contributed by atoms with van der Waals surface area (Å²) in [7, 11) is 0. The van der Waals surface area contributed by atoms with Crippen molar-refractivity contribution in [1.82, 2.24) is 30.1 Å². The minimum atomic E-state index is -0.271. The van der Waals surface area contributed by atoms with Gasteiger partial charge in [0.25, 0.3) is 0 Å². The Labute approximate surface area is 182 Å². The number of rotatable bonds is 3. The minimum Gasteiger partial charge on any atom is -0.353 e. The van der Waals surface area contributed by atoms with Crippen LogP contribution in [-0.2, 0) is 0 Å². The number of hydrogen-bond acceptors (Lipinski definition) is 4. The monoisotopic (exact) mass is 420 g/mol. The van der Waals surface area contributed by atoms with Gasteiger partial charge in [0.1, 0.15) is 11.5 Å². The van der Waals surface area contributed by atoms with E-state index in [0.29, 0.717) is 0 Å². The Morgan fingerprint density at radius 1 is 0.812 bits per heavy atom. The van der Waals surface area contributed by atoms with Crippen LogP contribution in [0.15, 0.2) is 73.3 Å². The molecule has 5 aromatic heterocycles. The molecule has 1 aromatic carbocycles. The maximum atomic E-state index is 13.4. The number of nitrogens with zero attached hydrogens (tertiary/aromatic N) is 4. The summed E-state index contributed by atoms with van der Waals surface area (Å²) in [6.45, 7) is 2.04. The second-order valence-corrected chi connectivity index (χ2v) is 7.69. The summed E-state index contributed by atoms with van der Waals surface area (Å²) in [4.78, 5) is 16.8. The summed E-state index contributed by atoms with van der Waals surface area (Å²) in [6, 6.07) is 14.3. The summed E-state index contributed by atoms with van der Waals surface area (Å²) >= 11 is 0. The van der Waals surface area contributed by atoms with E-state index >= 15 is 0 Å². The molecule has 0 bridgehead atoms. The van der Waals surface area contributed by atoms with Crippen LogP contribution in [0.25, 0.3) is 55.7 Å². The summed E-state index contributed by atoms with van der Waals surface area (Å²) in [5, 5.41) is 9.53. The van der Waals surface area contributed by atoms with Gasteiger partial charge in [0.05, 0.1) is 28.8 Å². The zero-order valence-corrected chi connectivity index (χ0v) is 17.1. The average Bonchev–Trinajstić information content (AvgIpc) is 3.43. The number of benzene rings is 1. The molecule has 0 saturated heterocycles. The first-order valence-corrected chi connectivity index (χ1v) is 10.2. The predicted molar refractivity (Wildman–Crippen MR) is 122 cm³/mol. The van der Waals surface area contributed by atoms with E-state index in [1.807, 2.05) is 37.4 Å². The highest BCUT2D eigenvalue weighted by molar-refractivity contribution is 6.00. The van der Waals surface area contributed by atoms with Crippen molar-refractivity contribution in [2.45, 2.75) is 6.92 Å². The van der Waals surface area contributed by atoms with E-state index in [1.165, 1.54) is 12.1 Å². The highest BCUT2D eigenvalue weighted by atomic mass is 19.1. The van der Waals surface area contributed by atoms with Crippen LogP contribution >= 0.6 is 0 Å². The molecule has 0 amide bonds. The van der Waals surface area contributed by atoms with E-state index in [4.69, 9.17) is 0 Å². The number of halogens is 1. The zero-order valence-electron chi connectivity index (χ0n) is 17.1. The molecule has 0 saturated carbocycles. The first-order valence-electron chi connectivity index (χ1n) is 10.2. The molecule has 0 fully saturated rings. The molecule has 6 nitrogen and oxygen atoms in total. The van der Waals surface area contributed by atoms with Crippen LogP contribution < -0.4 is 0 Å². The van der Waals surface area contributed by atoms with Crippen molar-refractivity contribution in [3.63, 3.8) is 0 Å². The van der Waals surface area contributed by atoms with Gasteiger partial charge in [-0.15, -0.1) is 0 Å². The summed E-state index contributed by atoms with van der Waals surface area (Å²) in [6.07, 6.45) is 7.14. The smallest absolute Gasteiger partial charge is 0.123 e. The normalized spacial score (nSPS) is 11.4. The molecular weight excluding hydrogens is 403 g/mol. The van der Waals surface area contributed by atoms with Gasteiger partial charge in [-0.25, -0.2) is 4.39 Å². The Balaban J connectivity index is 1.51. The third-order valence-corrected chi connectivity index (χ3v) is 5.68. The maximum absolute atomic E-state index is 13.4. The van der Waals surface area contributed by atoms with Crippen LogP contribution in [0.3, 0.4) is 0 Å². The van der Waals surface area contributed by atoms with Crippen LogP contribution in [0.2, 0.25) is 0 Å². The van der Waals surface area contributed by atoms with E-state index in [-0.39, 0.29) is 5.82 Å². The molecule has 0 radical (unpaired) electrons. The van der Waals surface area contributed by atoms with E-state index in [0.717, 1.165) is 61.3 Å². The van der Waals surface area contributed by atoms with Crippen molar-refractivity contribution in [2.24, 2.45) is 0 Å². The van der Waals surface area contributed by atoms with Crippen molar-refractivity contribution >= 4 is 21.8 Å². The molecule has 6 rings (SSSR count). The van der Waals surface area contributed by atoms with Gasteiger partial charge in [-0.3, -0.25) is 20.1 Å². The van der Waals surface area contributed by atoms with Gasteiger partial charge in [0, 0.05) is 46.0 Å². The number of aryl methyl sites for hydroxylation is 1. The third-order valence-electron chi connectivity index (χ3n) is 5.68. The lowest BCUT2D eigenvalue weighted by Gasteiger charge is -2.04. The van der Waals surface area contributed by atoms with Gasteiger partial charge in [0.15, 0.2) is 0 Å². The molecule has 0 atom stereocenters. The van der Waals surface area contributed by atoms with E-state index in [1.54, 1.807) is 30.7 Å². The van der Waals surface area contributed by atoms with Crippen molar-refractivity contribution in [3.8, 4) is 33.9 Å². The molecule has 0 unspecified atom stereocenters. The van der Waals surface area contributed by atoms with E-state index < -0.39 is 0 Å². The van der Waals surface area contributed by atoms with Gasteiger partial charge >= 0.3 is 0 Å². The van der Waals surface area contributed by atoms with Gasteiger partial charge in [-0.05, 0) is 61.0 Å². The lowest BCUT2D eigenvalue weighted by molar-refractivity contribution is 0.628.